The van der Waals surface area contributed by atoms with Crippen LogP contribution in [0.1, 0.15) is 99.3 Å². The number of allylic oxidation sites excluding steroid dienone is 1. The molecule has 73 heavy (non-hydrogen) atoms. The number of ether oxygens (including phenoxy) is 9. The molecule has 0 spiro atoms. The van der Waals surface area contributed by atoms with E-state index in [0.29, 0.717) is 43.4 Å². The third-order valence-corrected chi connectivity index (χ3v) is 19.5. The largest absolute Gasteiger partial charge is 0.394 e. The highest BCUT2D eigenvalue weighted by Gasteiger charge is 2.68. The Bertz CT molecular complexity index is 1900. The van der Waals surface area contributed by atoms with Crippen molar-refractivity contribution in [3.05, 3.63) is 11.6 Å². The summed E-state index contributed by atoms with van der Waals surface area (Å²) in [6.45, 7) is 10.7. The van der Waals surface area contributed by atoms with Crippen molar-refractivity contribution in [1.82, 2.24) is 0 Å². The minimum absolute atomic E-state index is 0.0589. The van der Waals surface area contributed by atoms with Crippen molar-refractivity contribution in [2.45, 2.75) is 240 Å². The fraction of sp³-hybridized carbons (Fsp3) is 0.961. The van der Waals surface area contributed by atoms with Crippen LogP contribution in [0.15, 0.2) is 11.6 Å². The molecule has 13 N–H and O–H groups in total. The Hall–Kier alpha value is -1.14. The third kappa shape index (κ3) is 10.2. The van der Waals surface area contributed by atoms with Crippen molar-refractivity contribution in [2.75, 3.05) is 19.8 Å². The Labute approximate surface area is 426 Å². The highest BCUT2D eigenvalue weighted by atomic mass is 16.8. The lowest BCUT2D eigenvalue weighted by atomic mass is 9.47. The normalized spacial score (nSPS) is 55.5. The molecule has 31 atom stereocenters. The average molecular weight is 1050 g/mol. The molecule has 0 aromatic heterocycles. The Balaban J connectivity index is 0.846. The van der Waals surface area contributed by atoms with E-state index in [9.17, 15) is 66.4 Å². The van der Waals surface area contributed by atoms with Crippen LogP contribution < -0.4 is 0 Å². The number of aliphatic hydroxyl groups excluding tert-OH is 12. The van der Waals surface area contributed by atoms with Crippen LogP contribution in [0.3, 0.4) is 0 Å². The fourth-order valence-electron chi connectivity index (χ4n) is 14.9. The second-order valence-electron chi connectivity index (χ2n) is 23.8. The maximum atomic E-state index is 12.1. The Morgan fingerprint density at radius 1 is 0.644 bits per heavy atom. The van der Waals surface area contributed by atoms with E-state index in [1.165, 1.54) is 19.4 Å². The van der Waals surface area contributed by atoms with Gasteiger partial charge in [0.1, 0.15) is 85.5 Å². The summed E-state index contributed by atoms with van der Waals surface area (Å²) >= 11 is 0. The molecular weight excluding hydrogens is 965 g/mol. The van der Waals surface area contributed by atoms with Gasteiger partial charge in [-0.05, 0) is 106 Å². The van der Waals surface area contributed by atoms with E-state index in [2.05, 4.69) is 26.8 Å². The molecule has 0 bridgehead atoms. The molecule has 420 valence electrons. The molecule has 3 saturated carbocycles. The molecule has 5 heterocycles. The van der Waals surface area contributed by atoms with Crippen molar-refractivity contribution >= 4 is 0 Å². The summed E-state index contributed by atoms with van der Waals surface area (Å²) in [6.07, 6.45) is -20.5. The lowest BCUT2D eigenvalue weighted by Gasteiger charge is -2.58. The Morgan fingerprint density at radius 2 is 1.23 bits per heavy atom. The summed E-state index contributed by atoms with van der Waals surface area (Å²) in [4.78, 5) is 0. The zero-order valence-electron chi connectivity index (χ0n) is 42.7. The second-order valence-corrected chi connectivity index (χ2v) is 23.8. The van der Waals surface area contributed by atoms with Crippen LogP contribution >= 0.6 is 0 Å². The van der Waals surface area contributed by atoms with Crippen molar-refractivity contribution in [3.8, 4) is 0 Å². The van der Waals surface area contributed by atoms with Gasteiger partial charge in [-0.25, -0.2) is 0 Å². The number of aliphatic hydroxyl groups is 13. The van der Waals surface area contributed by atoms with E-state index >= 15 is 0 Å². The van der Waals surface area contributed by atoms with Crippen molar-refractivity contribution in [3.63, 3.8) is 0 Å². The molecule has 5 saturated heterocycles. The van der Waals surface area contributed by atoms with E-state index < -0.39 is 148 Å². The second kappa shape index (κ2) is 21.8. The minimum atomic E-state index is -1.75. The number of rotatable bonds is 14. The van der Waals surface area contributed by atoms with E-state index in [1.54, 1.807) is 0 Å². The lowest BCUT2D eigenvalue weighted by Crippen LogP contribution is -2.66. The standard InChI is InChI=1S/C51H84O22/c1-20(19-65-45-39(60)38(59)35(56)30(17-52)69-45)9-14-51(64)21(2)32-29(73-51)16-28-26-8-7-24-15-25(10-12-49(24,5)27(26)11-13-50(28,32)6)68-48-44(72-47-41(62)37(58)34(55)23(4)67-47)42(63)43(31(18-53)70-48)71-46-40(61)36(57)33(54)22(3)66-46/h7,20-23,25-48,52-64H,8-19H2,1-6H3/t20-,21+,22?,23?,25?,26-,27+,28+,29?,30?,31?,32-,33+,34+,35+,36?,37?,38?,39?,40?,41+,42?,43-,44?,45-,46+,47+,48-,49+,50+,51?/m1/s1. The van der Waals surface area contributed by atoms with Gasteiger partial charge in [0.15, 0.2) is 30.9 Å². The molecule has 22 nitrogen and oxygen atoms in total. The number of hydrogen-bond donors (Lipinski definition) is 13. The van der Waals surface area contributed by atoms with Gasteiger partial charge in [-0.15, -0.1) is 0 Å². The average Bonchev–Trinajstić information content (AvgIpc) is 3.80. The van der Waals surface area contributed by atoms with E-state index in [0.717, 1.165) is 32.1 Å². The van der Waals surface area contributed by atoms with Gasteiger partial charge in [0, 0.05) is 12.3 Å². The topological polar surface area (TPSA) is 346 Å². The molecule has 9 aliphatic rings. The van der Waals surface area contributed by atoms with Crippen LogP contribution in [0.4, 0.5) is 0 Å². The van der Waals surface area contributed by atoms with Gasteiger partial charge in [-0.1, -0.05) is 39.3 Å². The minimum Gasteiger partial charge on any atom is -0.394 e. The molecule has 0 aromatic carbocycles. The summed E-state index contributed by atoms with van der Waals surface area (Å²) in [5.74, 6) is -0.232. The van der Waals surface area contributed by atoms with Crippen LogP contribution in [0.2, 0.25) is 0 Å². The molecule has 14 unspecified atom stereocenters. The zero-order valence-corrected chi connectivity index (χ0v) is 42.7. The number of hydrogen-bond acceptors (Lipinski definition) is 22. The first-order valence-corrected chi connectivity index (χ1v) is 26.8. The van der Waals surface area contributed by atoms with Crippen LogP contribution in [0, 0.1) is 46.3 Å². The summed E-state index contributed by atoms with van der Waals surface area (Å²) < 4.78 is 54.6. The first-order chi connectivity index (χ1) is 34.5. The maximum absolute atomic E-state index is 12.1. The fourth-order valence-corrected chi connectivity index (χ4v) is 14.9. The molecule has 8 fully saturated rings. The predicted octanol–water partition coefficient (Wildman–Crippen LogP) is -1.98. The first-order valence-electron chi connectivity index (χ1n) is 26.8. The quantitative estimate of drug-likeness (QED) is 0.0839. The van der Waals surface area contributed by atoms with Gasteiger partial charge >= 0.3 is 0 Å². The number of fused-ring (bicyclic) bond motifs is 7. The summed E-state index contributed by atoms with van der Waals surface area (Å²) in [5, 5.41) is 139. The lowest BCUT2D eigenvalue weighted by molar-refractivity contribution is -0.388. The molecule has 22 heteroatoms. The van der Waals surface area contributed by atoms with Gasteiger partial charge in [-0.3, -0.25) is 0 Å². The van der Waals surface area contributed by atoms with Gasteiger partial charge < -0.3 is 109 Å². The first kappa shape index (κ1) is 56.6. The van der Waals surface area contributed by atoms with Gasteiger partial charge in [-0.2, -0.15) is 0 Å². The van der Waals surface area contributed by atoms with Crippen molar-refractivity contribution in [2.24, 2.45) is 46.3 Å². The summed E-state index contributed by atoms with van der Waals surface area (Å²) in [5.41, 5.74) is 1.07. The Kier molecular flexibility index (Phi) is 16.9. The highest BCUT2D eigenvalue weighted by Crippen LogP contribution is 2.70. The van der Waals surface area contributed by atoms with Crippen molar-refractivity contribution < 1.29 is 109 Å². The van der Waals surface area contributed by atoms with Crippen molar-refractivity contribution in [1.29, 1.82) is 0 Å². The predicted molar refractivity (Wildman–Crippen MR) is 249 cm³/mol. The summed E-state index contributed by atoms with van der Waals surface area (Å²) in [6, 6.07) is 0. The third-order valence-electron chi connectivity index (χ3n) is 19.5. The van der Waals surface area contributed by atoms with E-state index in [1.807, 2.05) is 6.92 Å². The monoisotopic (exact) mass is 1050 g/mol. The van der Waals surface area contributed by atoms with Crippen LogP contribution in [0.25, 0.3) is 0 Å². The van der Waals surface area contributed by atoms with Crippen LogP contribution in [-0.2, 0) is 42.6 Å². The molecule has 0 radical (unpaired) electrons. The smallest absolute Gasteiger partial charge is 0.187 e. The molecule has 9 rings (SSSR count). The van der Waals surface area contributed by atoms with Crippen LogP contribution in [0.5, 0.6) is 0 Å². The maximum Gasteiger partial charge on any atom is 0.187 e. The molecule has 0 amide bonds. The summed E-state index contributed by atoms with van der Waals surface area (Å²) in [7, 11) is 0. The van der Waals surface area contributed by atoms with Gasteiger partial charge in [0.2, 0.25) is 0 Å². The van der Waals surface area contributed by atoms with E-state index in [4.69, 9.17) is 42.6 Å². The zero-order chi connectivity index (χ0) is 52.8. The van der Waals surface area contributed by atoms with E-state index in [-0.39, 0.29) is 41.3 Å². The van der Waals surface area contributed by atoms with Gasteiger partial charge in [0.25, 0.3) is 0 Å². The van der Waals surface area contributed by atoms with Crippen LogP contribution in [-0.4, -0.2) is 227 Å². The molecule has 0 aromatic rings. The molecule has 4 aliphatic carbocycles. The molecular formula is C51H84O22. The highest BCUT2D eigenvalue weighted by molar-refractivity contribution is 5.26. The SMILES string of the molecule is CC1O[C@@H](O[C@@H]2C(CO)O[C@@H](OC3CC[C@@]4(C)C(=CC[C@H]5[C@@H]6CC7OC(O)(CC[C@@H](C)CO[C@@H]8OC(CO)[C@H](O)C(O)C8O)[C@@H](C)[C@H]7[C@@]6(C)CC[C@@H]54)C3)C(O[C@@H]3OC(C)[C@H](O)C(O)[C@@H]3O)C2O)C(O)C(O)[C@H]1O. The van der Waals surface area contributed by atoms with Gasteiger partial charge in [0.05, 0.1) is 44.2 Å². The Morgan fingerprint density at radius 3 is 1.86 bits per heavy atom. The molecule has 5 aliphatic heterocycles.